The summed E-state index contributed by atoms with van der Waals surface area (Å²) in [4.78, 5) is 39.9. The zero-order chi connectivity index (χ0) is 18.3. The third-order valence-corrected chi connectivity index (χ3v) is 4.63. The fraction of sp³-hybridized carbons (Fsp3) is 0.625. The average molecular weight is 356 g/mol. The van der Waals surface area contributed by atoms with Crippen molar-refractivity contribution in [1.82, 2.24) is 9.88 Å². The Kier molecular flexibility index (Phi) is 7.84. The lowest BCUT2D eigenvalue weighted by atomic mass is 10.0. The fourth-order valence-corrected chi connectivity index (χ4v) is 2.86. The Hall–Kier alpha value is -1.96. The molecule has 0 aliphatic rings. The number of carboxylic acids is 1. The highest BCUT2D eigenvalue weighted by Crippen LogP contribution is 2.25. The van der Waals surface area contributed by atoms with Crippen LogP contribution in [0.5, 0.6) is 0 Å². The Morgan fingerprint density at radius 2 is 2.08 bits per heavy atom. The van der Waals surface area contributed by atoms with Gasteiger partial charge in [-0.25, -0.2) is 9.78 Å². The molecule has 7 nitrogen and oxygen atoms in total. The van der Waals surface area contributed by atoms with Gasteiger partial charge in [0.2, 0.25) is 5.91 Å². The number of carboxylic acid groups (broad SMARTS) is 1. The van der Waals surface area contributed by atoms with E-state index in [-0.39, 0.29) is 11.6 Å². The molecule has 0 aliphatic carbocycles. The number of thiazole rings is 1. The summed E-state index contributed by atoms with van der Waals surface area (Å²) in [5.41, 5.74) is -0.0756. The monoisotopic (exact) mass is 356 g/mol. The molecule has 1 aromatic heterocycles. The van der Waals surface area contributed by atoms with Crippen molar-refractivity contribution in [3.8, 4) is 0 Å². The third-order valence-electron chi connectivity index (χ3n) is 3.70. The summed E-state index contributed by atoms with van der Waals surface area (Å²) in [6.45, 7) is 5.75. The van der Waals surface area contributed by atoms with Crippen LogP contribution >= 0.6 is 11.3 Å². The summed E-state index contributed by atoms with van der Waals surface area (Å²) in [5, 5.41) is 10.8. The quantitative estimate of drug-likeness (QED) is 0.683. The molecule has 0 saturated heterocycles. The first-order chi connectivity index (χ1) is 11.2. The van der Waals surface area contributed by atoms with Crippen LogP contribution in [0, 0.1) is 5.92 Å². The van der Waals surface area contributed by atoms with Crippen LogP contribution < -0.4 is 0 Å². The molecule has 0 aliphatic heterocycles. The molecule has 8 heteroatoms. The fourth-order valence-electron chi connectivity index (χ4n) is 2.00. The Morgan fingerprint density at radius 1 is 1.42 bits per heavy atom. The minimum absolute atomic E-state index is 0.0382. The Bertz CT molecular complexity index is 587. The third kappa shape index (κ3) is 6.27. The zero-order valence-corrected chi connectivity index (χ0v) is 15.3. The van der Waals surface area contributed by atoms with Crippen LogP contribution in [0.3, 0.4) is 0 Å². The second-order valence-electron chi connectivity index (χ2n) is 5.80. The van der Waals surface area contributed by atoms with Crippen molar-refractivity contribution >= 4 is 29.2 Å². The Morgan fingerprint density at radius 3 is 2.58 bits per heavy atom. The molecular weight excluding hydrogens is 332 g/mol. The molecule has 0 fully saturated rings. The van der Waals surface area contributed by atoms with Crippen LogP contribution in [-0.4, -0.2) is 46.4 Å². The number of carbonyl (C=O) groups is 3. The van der Waals surface area contributed by atoms with Gasteiger partial charge in [0, 0.05) is 38.7 Å². The maximum Gasteiger partial charge on any atom is 0.355 e. The summed E-state index contributed by atoms with van der Waals surface area (Å²) >= 11 is 1.13. The molecule has 24 heavy (non-hydrogen) atoms. The predicted molar refractivity (Wildman–Crippen MR) is 89.9 cm³/mol. The standard InChI is InChI=1S/C16H24N2O5S/c1-5-10(2)8-14(20)18(4)7-6-13(23-11(3)19)15-17-12(9-24-15)16(21)22/h9-10,13H,5-8H2,1-4H3,(H,21,22)/t10-,13+/m0/s1. The van der Waals surface area contributed by atoms with Gasteiger partial charge in [0.25, 0.3) is 0 Å². The molecule has 0 bridgehead atoms. The SMILES string of the molecule is CC[C@H](C)CC(=O)N(C)CC[C@@H](OC(C)=O)c1nc(C(=O)O)cs1. The normalized spacial score (nSPS) is 13.2. The maximum absolute atomic E-state index is 12.1. The average Bonchev–Trinajstić information content (AvgIpc) is 3.00. The molecule has 1 heterocycles. The highest BCUT2D eigenvalue weighted by Gasteiger charge is 2.22. The van der Waals surface area contributed by atoms with Crippen LogP contribution in [0.1, 0.15) is 61.6 Å². The molecule has 1 amide bonds. The molecule has 2 atom stereocenters. The first-order valence-electron chi connectivity index (χ1n) is 7.84. The van der Waals surface area contributed by atoms with Gasteiger partial charge >= 0.3 is 11.9 Å². The van der Waals surface area contributed by atoms with Gasteiger partial charge in [-0.2, -0.15) is 0 Å². The van der Waals surface area contributed by atoms with E-state index in [4.69, 9.17) is 9.84 Å². The van der Waals surface area contributed by atoms with Crippen LogP contribution in [0.15, 0.2) is 5.38 Å². The Labute approximate surface area is 145 Å². The highest BCUT2D eigenvalue weighted by molar-refractivity contribution is 7.09. The van der Waals surface area contributed by atoms with E-state index in [1.54, 1.807) is 11.9 Å². The number of nitrogens with zero attached hydrogens (tertiary/aromatic N) is 2. The van der Waals surface area contributed by atoms with Crippen LogP contribution in [0.25, 0.3) is 0 Å². The van der Waals surface area contributed by atoms with E-state index in [0.717, 1.165) is 17.8 Å². The molecular formula is C16H24N2O5S. The molecule has 1 rings (SSSR count). The number of carbonyl (C=O) groups excluding carboxylic acids is 2. The van der Waals surface area contributed by atoms with Gasteiger partial charge < -0.3 is 14.7 Å². The molecule has 0 radical (unpaired) electrons. The summed E-state index contributed by atoms with van der Waals surface area (Å²) in [6.07, 6.45) is 1.13. The maximum atomic E-state index is 12.1. The van der Waals surface area contributed by atoms with E-state index < -0.39 is 18.0 Å². The minimum atomic E-state index is -1.13. The zero-order valence-electron chi connectivity index (χ0n) is 14.4. The summed E-state index contributed by atoms with van der Waals surface area (Å²) in [5.74, 6) is -1.24. The number of hydrogen-bond acceptors (Lipinski definition) is 6. The van der Waals surface area contributed by atoms with E-state index >= 15 is 0 Å². The van der Waals surface area contributed by atoms with Gasteiger partial charge in [0.15, 0.2) is 11.8 Å². The van der Waals surface area contributed by atoms with Gasteiger partial charge in [-0.15, -0.1) is 11.3 Å². The second-order valence-corrected chi connectivity index (χ2v) is 6.69. The predicted octanol–water partition coefficient (Wildman–Crippen LogP) is 2.73. The van der Waals surface area contributed by atoms with Crippen molar-refractivity contribution < 1.29 is 24.2 Å². The van der Waals surface area contributed by atoms with Crippen molar-refractivity contribution in [2.75, 3.05) is 13.6 Å². The molecule has 0 saturated carbocycles. The van der Waals surface area contributed by atoms with Crippen molar-refractivity contribution in [1.29, 1.82) is 0 Å². The van der Waals surface area contributed by atoms with Crippen molar-refractivity contribution in [2.45, 2.75) is 46.1 Å². The van der Waals surface area contributed by atoms with Gasteiger partial charge in [0.05, 0.1) is 0 Å². The van der Waals surface area contributed by atoms with Gasteiger partial charge in [-0.1, -0.05) is 20.3 Å². The lowest BCUT2D eigenvalue weighted by Crippen LogP contribution is -2.30. The smallest absolute Gasteiger partial charge is 0.355 e. The summed E-state index contributed by atoms with van der Waals surface area (Å²) in [7, 11) is 1.71. The first-order valence-corrected chi connectivity index (χ1v) is 8.72. The largest absolute Gasteiger partial charge is 0.476 e. The lowest BCUT2D eigenvalue weighted by Gasteiger charge is -2.22. The van der Waals surface area contributed by atoms with Crippen molar-refractivity contribution in [3.63, 3.8) is 0 Å². The number of ether oxygens (including phenoxy) is 1. The van der Waals surface area contributed by atoms with E-state index in [1.165, 1.54) is 12.3 Å². The van der Waals surface area contributed by atoms with Gasteiger partial charge in [-0.05, 0) is 5.92 Å². The van der Waals surface area contributed by atoms with Crippen LogP contribution in [-0.2, 0) is 14.3 Å². The molecule has 1 aromatic rings. The molecule has 0 aromatic carbocycles. The number of amides is 1. The summed E-state index contributed by atoms with van der Waals surface area (Å²) in [6, 6.07) is 0. The van der Waals surface area contributed by atoms with Crippen molar-refractivity contribution in [3.05, 3.63) is 16.1 Å². The van der Waals surface area contributed by atoms with E-state index in [0.29, 0.717) is 30.3 Å². The van der Waals surface area contributed by atoms with Crippen LogP contribution in [0.2, 0.25) is 0 Å². The number of hydrogen-bond donors (Lipinski definition) is 1. The van der Waals surface area contributed by atoms with E-state index in [2.05, 4.69) is 4.98 Å². The molecule has 0 spiro atoms. The lowest BCUT2D eigenvalue weighted by molar-refractivity contribution is -0.147. The van der Waals surface area contributed by atoms with Gasteiger partial charge in [0.1, 0.15) is 5.01 Å². The summed E-state index contributed by atoms with van der Waals surface area (Å²) < 4.78 is 5.24. The topological polar surface area (TPSA) is 96.8 Å². The van der Waals surface area contributed by atoms with Crippen molar-refractivity contribution in [2.24, 2.45) is 5.92 Å². The number of rotatable bonds is 9. The van der Waals surface area contributed by atoms with Gasteiger partial charge in [-0.3, -0.25) is 9.59 Å². The first kappa shape index (κ1) is 20.1. The van der Waals surface area contributed by atoms with E-state index in [1.807, 2.05) is 13.8 Å². The number of aromatic carboxylic acids is 1. The second kappa shape index (κ2) is 9.36. The highest BCUT2D eigenvalue weighted by atomic mass is 32.1. The molecule has 0 unspecified atom stereocenters. The molecule has 134 valence electrons. The Balaban J connectivity index is 2.70. The number of aromatic nitrogens is 1. The van der Waals surface area contributed by atoms with Crippen LogP contribution in [0.4, 0.5) is 0 Å². The number of esters is 1. The molecule has 1 N–H and O–H groups in total. The minimum Gasteiger partial charge on any atom is -0.476 e. The van der Waals surface area contributed by atoms with E-state index in [9.17, 15) is 14.4 Å².